The van der Waals surface area contributed by atoms with Gasteiger partial charge in [-0.15, -0.1) is 10.2 Å². The molecule has 2 aliphatic rings. The molecule has 5 rings (SSSR count). The molecule has 0 atom stereocenters. The third kappa shape index (κ3) is 3.21. The molecule has 9 heteroatoms. The number of hydrogen-bond acceptors (Lipinski definition) is 4. The molecular weight excluding hydrogens is 407 g/mol. The summed E-state index contributed by atoms with van der Waals surface area (Å²) in [6.45, 7) is 0. The molecule has 3 N–H and O–H groups in total. The normalized spacial score (nSPS) is 17.3. The van der Waals surface area contributed by atoms with Gasteiger partial charge in [-0.1, -0.05) is 43.0 Å². The minimum atomic E-state index is -0.442. The molecule has 154 valence electrons. The molecule has 0 bridgehead atoms. The summed E-state index contributed by atoms with van der Waals surface area (Å²) < 4.78 is 14.0. The highest BCUT2D eigenvalue weighted by molar-refractivity contribution is 6.34. The van der Waals surface area contributed by atoms with Crippen molar-refractivity contribution in [2.45, 2.75) is 44.1 Å². The van der Waals surface area contributed by atoms with Crippen molar-refractivity contribution in [3.8, 4) is 11.4 Å². The number of benzene rings is 2. The Labute approximate surface area is 177 Å². The van der Waals surface area contributed by atoms with Crippen molar-refractivity contribution in [2.75, 3.05) is 5.32 Å². The van der Waals surface area contributed by atoms with E-state index in [0.717, 1.165) is 48.8 Å². The molecule has 0 radical (unpaired) electrons. The lowest BCUT2D eigenvalue weighted by molar-refractivity contribution is 0.208. The monoisotopic (exact) mass is 426 g/mol. The number of carbonyl (C=O) groups is 1. The second-order valence-electron chi connectivity index (χ2n) is 7.89. The molecule has 2 amide bonds. The van der Waals surface area contributed by atoms with E-state index < -0.39 is 5.54 Å². The van der Waals surface area contributed by atoms with Crippen molar-refractivity contribution in [1.82, 2.24) is 25.9 Å². The first-order valence-electron chi connectivity index (χ1n) is 9.99. The highest BCUT2D eigenvalue weighted by Gasteiger charge is 2.42. The topological polar surface area (TPSA) is 95.6 Å². The first-order valence-corrected chi connectivity index (χ1v) is 10.4. The van der Waals surface area contributed by atoms with Gasteiger partial charge in [0.25, 0.3) is 0 Å². The number of fused-ring (bicyclic) bond motifs is 2. The number of nitrogens with one attached hydrogen (secondary N) is 3. The maximum Gasteiger partial charge on any atom is 0.319 e. The fourth-order valence-corrected chi connectivity index (χ4v) is 4.99. The Morgan fingerprint density at radius 2 is 1.90 bits per heavy atom. The molecule has 1 saturated carbocycles. The molecule has 1 aromatic heterocycles. The van der Waals surface area contributed by atoms with Crippen molar-refractivity contribution < 1.29 is 9.18 Å². The van der Waals surface area contributed by atoms with Crippen LogP contribution in [0.15, 0.2) is 30.3 Å². The Morgan fingerprint density at radius 3 is 2.67 bits per heavy atom. The number of urea groups is 1. The SMILES string of the molecule is O=C1Nc2c(Cl)ccc(Cc3ccc(F)cc3-c3nn[nH]n3)c2C2(CCCCC2)N1. The van der Waals surface area contributed by atoms with Gasteiger partial charge in [0.15, 0.2) is 0 Å². The predicted molar refractivity (Wildman–Crippen MR) is 111 cm³/mol. The standard InChI is InChI=1S/C21H20ClFN6O/c22-16-7-5-13(10-12-4-6-14(23)11-15(12)19-26-28-29-27-19)17-18(16)24-20(30)25-21(17)8-2-1-3-9-21/h4-7,11H,1-3,8-10H2,(H2,24,25,30)(H,26,27,28,29). The number of hydrogen-bond donors (Lipinski definition) is 3. The number of rotatable bonds is 3. The van der Waals surface area contributed by atoms with Crippen molar-refractivity contribution in [1.29, 1.82) is 0 Å². The Bertz CT molecular complexity index is 1110. The lowest BCUT2D eigenvalue weighted by Gasteiger charge is -2.44. The predicted octanol–water partition coefficient (Wildman–Crippen LogP) is 4.54. The average Bonchev–Trinajstić information content (AvgIpc) is 3.26. The summed E-state index contributed by atoms with van der Waals surface area (Å²) in [4.78, 5) is 12.4. The van der Waals surface area contributed by atoms with Gasteiger partial charge in [-0.3, -0.25) is 0 Å². The number of carbonyl (C=O) groups excluding carboxylic acids is 1. The number of nitrogens with zero attached hydrogens (tertiary/aromatic N) is 3. The molecule has 30 heavy (non-hydrogen) atoms. The Hall–Kier alpha value is -3.00. The van der Waals surface area contributed by atoms with E-state index in [1.54, 1.807) is 12.1 Å². The third-order valence-electron chi connectivity index (χ3n) is 6.06. The van der Waals surface area contributed by atoms with Crippen LogP contribution in [0.1, 0.15) is 48.8 Å². The number of anilines is 1. The van der Waals surface area contributed by atoms with Gasteiger partial charge < -0.3 is 10.6 Å². The van der Waals surface area contributed by atoms with Crippen molar-refractivity contribution in [3.63, 3.8) is 0 Å². The molecule has 0 saturated heterocycles. The zero-order valence-electron chi connectivity index (χ0n) is 16.1. The van der Waals surface area contributed by atoms with E-state index in [-0.39, 0.29) is 11.8 Å². The number of H-pyrrole nitrogens is 1. The summed E-state index contributed by atoms with van der Waals surface area (Å²) in [6, 6.07) is 8.15. The van der Waals surface area contributed by atoms with Crippen LogP contribution >= 0.6 is 11.6 Å². The maximum atomic E-state index is 14.0. The highest BCUT2D eigenvalue weighted by Crippen LogP contribution is 2.47. The minimum Gasteiger partial charge on any atom is -0.328 e. The lowest BCUT2D eigenvalue weighted by Crippen LogP contribution is -2.53. The summed E-state index contributed by atoms with van der Waals surface area (Å²) in [5, 5.41) is 20.7. The van der Waals surface area contributed by atoms with Gasteiger partial charge in [-0.25, -0.2) is 9.18 Å². The summed E-state index contributed by atoms with van der Waals surface area (Å²) in [5.74, 6) is -0.0273. The van der Waals surface area contributed by atoms with E-state index in [4.69, 9.17) is 11.6 Å². The smallest absolute Gasteiger partial charge is 0.319 e. The quantitative estimate of drug-likeness (QED) is 0.572. The number of aromatic nitrogens is 4. The van der Waals surface area contributed by atoms with E-state index in [1.165, 1.54) is 12.1 Å². The molecule has 2 heterocycles. The molecule has 3 aromatic rings. The largest absolute Gasteiger partial charge is 0.328 e. The van der Waals surface area contributed by atoms with Crippen LogP contribution in [0.2, 0.25) is 5.02 Å². The number of amides is 2. The van der Waals surface area contributed by atoms with Crippen LogP contribution in [0.3, 0.4) is 0 Å². The van der Waals surface area contributed by atoms with Gasteiger partial charge in [-0.2, -0.15) is 5.21 Å². The van der Waals surface area contributed by atoms with Crippen LogP contribution in [-0.2, 0) is 12.0 Å². The first kappa shape index (κ1) is 19.0. The summed E-state index contributed by atoms with van der Waals surface area (Å²) in [5.41, 5.74) is 3.73. The van der Waals surface area contributed by atoms with Crippen LogP contribution in [0.25, 0.3) is 11.4 Å². The van der Waals surface area contributed by atoms with Crippen molar-refractivity contribution in [2.24, 2.45) is 0 Å². The fourth-order valence-electron chi connectivity index (χ4n) is 4.78. The van der Waals surface area contributed by atoms with Crippen LogP contribution in [0, 0.1) is 5.82 Å². The van der Waals surface area contributed by atoms with Crippen LogP contribution in [0.4, 0.5) is 14.9 Å². The number of aromatic amines is 1. The molecule has 1 spiro atoms. The molecule has 1 fully saturated rings. The van der Waals surface area contributed by atoms with Crippen LogP contribution in [0.5, 0.6) is 0 Å². The Kier molecular flexibility index (Phi) is 4.66. The first-order chi connectivity index (χ1) is 14.6. The van der Waals surface area contributed by atoms with Crippen molar-refractivity contribution >= 4 is 23.3 Å². The van der Waals surface area contributed by atoms with Gasteiger partial charge in [0.05, 0.1) is 16.2 Å². The molecule has 2 aromatic carbocycles. The molecule has 0 unspecified atom stereocenters. The van der Waals surface area contributed by atoms with Crippen molar-refractivity contribution in [3.05, 3.63) is 57.9 Å². The van der Waals surface area contributed by atoms with E-state index >= 15 is 0 Å². The lowest BCUT2D eigenvalue weighted by atomic mass is 9.72. The summed E-state index contributed by atoms with van der Waals surface area (Å²) in [7, 11) is 0. The number of tetrazole rings is 1. The maximum absolute atomic E-state index is 14.0. The molecule has 1 aliphatic heterocycles. The summed E-state index contributed by atoms with van der Waals surface area (Å²) >= 11 is 6.49. The zero-order valence-corrected chi connectivity index (χ0v) is 16.9. The van der Waals surface area contributed by atoms with Crippen LogP contribution < -0.4 is 10.6 Å². The zero-order chi connectivity index (χ0) is 20.7. The van der Waals surface area contributed by atoms with Gasteiger partial charge >= 0.3 is 6.03 Å². The second kappa shape index (κ2) is 7.36. The Morgan fingerprint density at radius 1 is 1.10 bits per heavy atom. The van der Waals surface area contributed by atoms with E-state index in [9.17, 15) is 9.18 Å². The second-order valence-corrected chi connectivity index (χ2v) is 8.30. The Balaban J connectivity index is 1.64. The molecule has 1 aliphatic carbocycles. The number of halogens is 2. The molecule has 7 nitrogen and oxygen atoms in total. The molecular formula is C21H20ClFN6O. The van der Waals surface area contributed by atoms with Gasteiger partial charge in [-0.05, 0) is 53.8 Å². The summed E-state index contributed by atoms with van der Waals surface area (Å²) in [6.07, 6.45) is 5.47. The third-order valence-corrected chi connectivity index (χ3v) is 6.37. The van der Waals surface area contributed by atoms with E-state index in [1.807, 2.05) is 6.07 Å². The average molecular weight is 427 g/mol. The van der Waals surface area contributed by atoms with Crippen LogP contribution in [-0.4, -0.2) is 26.7 Å². The van der Waals surface area contributed by atoms with Gasteiger partial charge in [0.2, 0.25) is 5.82 Å². The fraction of sp³-hybridized carbons (Fsp3) is 0.333. The minimum absolute atomic E-state index is 0.224. The van der Waals surface area contributed by atoms with Gasteiger partial charge in [0.1, 0.15) is 5.82 Å². The van der Waals surface area contributed by atoms with E-state index in [0.29, 0.717) is 28.5 Å². The van der Waals surface area contributed by atoms with Gasteiger partial charge in [0, 0.05) is 11.1 Å². The van der Waals surface area contributed by atoms with E-state index in [2.05, 4.69) is 31.3 Å². The highest BCUT2D eigenvalue weighted by atomic mass is 35.5.